The third-order valence-corrected chi connectivity index (χ3v) is 6.34. The lowest BCUT2D eigenvalue weighted by molar-refractivity contribution is -0.144. The lowest BCUT2D eigenvalue weighted by Gasteiger charge is -2.32. The normalized spacial score (nSPS) is 16.3. The van der Waals surface area contributed by atoms with Gasteiger partial charge in [-0.05, 0) is 62.6 Å². The van der Waals surface area contributed by atoms with E-state index in [1.165, 1.54) is 11.3 Å². The molecule has 2 aromatic heterocycles. The largest absolute Gasteiger partial charge is 0.365 e. The van der Waals surface area contributed by atoms with Crippen LogP contribution >= 0.6 is 0 Å². The Bertz CT molecular complexity index is 1120. The zero-order chi connectivity index (χ0) is 22.7. The fraction of sp³-hybridized carbons (Fsp3) is 0.400. The molecular weight excluding hydrogens is 404 g/mol. The summed E-state index contributed by atoms with van der Waals surface area (Å²) in [5.41, 5.74) is 5.26. The van der Waals surface area contributed by atoms with Gasteiger partial charge in [0, 0.05) is 54.2 Å². The summed E-state index contributed by atoms with van der Waals surface area (Å²) in [6.07, 6.45) is 3.04. The Hall–Kier alpha value is -3.19. The van der Waals surface area contributed by atoms with Crippen LogP contribution in [0, 0.1) is 13.8 Å². The second-order valence-corrected chi connectivity index (χ2v) is 8.36. The topological polar surface area (TPSA) is 76.5 Å². The number of aryl methyl sites for hydroxylation is 3. The molecule has 1 aliphatic heterocycles. The standard InChI is InChI=1S/C25H30N4O3/c1-17-18(2)28(3)22-11-10-20(15-21(17)22)27-25(31)23-16-29(13-14-32-23)24(30)9-6-8-19-7-4-5-12-26-19/h4-5,7,10-12,15,23H,6,8-9,13-14,16H2,1-3H3,(H,27,31). The van der Waals surface area contributed by atoms with E-state index in [0.717, 1.165) is 35.1 Å². The molecule has 0 bridgehead atoms. The van der Waals surface area contributed by atoms with Crippen molar-refractivity contribution in [2.24, 2.45) is 7.05 Å². The highest BCUT2D eigenvalue weighted by molar-refractivity contribution is 5.97. The van der Waals surface area contributed by atoms with E-state index in [1.54, 1.807) is 11.1 Å². The molecule has 0 saturated carbocycles. The number of nitrogens with zero attached hydrogens (tertiary/aromatic N) is 3. The van der Waals surface area contributed by atoms with Crippen LogP contribution in [-0.4, -0.2) is 52.1 Å². The van der Waals surface area contributed by atoms with E-state index in [2.05, 4.69) is 28.7 Å². The van der Waals surface area contributed by atoms with Crippen molar-refractivity contribution in [3.63, 3.8) is 0 Å². The molecule has 32 heavy (non-hydrogen) atoms. The molecule has 1 atom stereocenters. The SMILES string of the molecule is Cc1c(C)n(C)c2ccc(NC(=O)C3CN(C(=O)CCCc4ccccn4)CCO3)cc12. The van der Waals surface area contributed by atoms with Gasteiger partial charge in [-0.3, -0.25) is 14.6 Å². The predicted molar refractivity (Wildman–Crippen MR) is 125 cm³/mol. The molecule has 7 heteroatoms. The van der Waals surface area contributed by atoms with Crippen molar-refractivity contribution in [1.82, 2.24) is 14.5 Å². The maximum atomic E-state index is 12.8. The first-order valence-corrected chi connectivity index (χ1v) is 11.1. The molecule has 1 aromatic carbocycles. The molecule has 1 aliphatic rings. The Balaban J connectivity index is 1.33. The van der Waals surface area contributed by atoms with Crippen LogP contribution in [0.1, 0.15) is 29.8 Å². The number of anilines is 1. The van der Waals surface area contributed by atoms with Crippen LogP contribution in [0.3, 0.4) is 0 Å². The molecule has 1 fully saturated rings. The Labute approximate surface area is 188 Å². The van der Waals surface area contributed by atoms with Crippen LogP contribution in [0.25, 0.3) is 10.9 Å². The molecular formula is C25H30N4O3. The lowest BCUT2D eigenvalue weighted by atomic mass is 10.1. The van der Waals surface area contributed by atoms with Gasteiger partial charge in [-0.25, -0.2) is 0 Å². The van der Waals surface area contributed by atoms with Gasteiger partial charge in [0.15, 0.2) is 6.10 Å². The smallest absolute Gasteiger partial charge is 0.255 e. The van der Waals surface area contributed by atoms with E-state index in [-0.39, 0.29) is 18.4 Å². The third kappa shape index (κ3) is 4.67. The highest BCUT2D eigenvalue weighted by Gasteiger charge is 2.29. The number of fused-ring (bicyclic) bond motifs is 1. The van der Waals surface area contributed by atoms with Gasteiger partial charge in [0.05, 0.1) is 13.2 Å². The zero-order valence-electron chi connectivity index (χ0n) is 18.9. The minimum absolute atomic E-state index is 0.0545. The summed E-state index contributed by atoms with van der Waals surface area (Å²) in [6, 6.07) is 11.7. The van der Waals surface area contributed by atoms with Gasteiger partial charge < -0.3 is 19.5 Å². The first-order valence-electron chi connectivity index (χ1n) is 11.1. The highest BCUT2D eigenvalue weighted by atomic mass is 16.5. The predicted octanol–water partition coefficient (Wildman–Crippen LogP) is 3.38. The highest BCUT2D eigenvalue weighted by Crippen LogP contribution is 2.27. The summed E-state index contributed by atoms with van der Waals surface area (Å²) in [4.78, 5) is 31.5. The molecule has 0 radical (unpaired) electrons. The van der Waals surface area contributed by atoms with Crippen molar-refractivity contribution < 1.29 is 14.3 Å². The fourth-order valence-corrected chi connectivity index (χ4v) is 4.22. The molecule has 1 unspecified atom stereocenters. The van der Waals surface area contributed by atoms with Crippen LogP contribution in [0.5, 0.6) is 0 Å². The van der Waals surface area contributed by atoms with E-state index < -0.39 is 6.10 Å². The number of morpholine rings is 1. The summed E-state index contributed by atoms with van der Waals surface area (Å²) in [5, 5.41) is 4.09. The summed E-state index contributed by atoms with van der Waals surface area (Å²) in [6.45, 7) is 5.33. The molecule has 2 amide bonds. The van der Waals surface area contributed by atoms with Crippen molar-refractivity contribution >= 4 is 28.4 Å². The summed E-state index contributed by atoms with van der Waals surface area (Å²) < 4.78 is 7.83. The van der Waals surface area contributed by atoms with Crippen LogP contribution in [0.15, 0.2) is 42.6 Å². The van der Waals surface area contributed by atoms with Gasteiger partial charge in [0.2, 0.25) is 5.91 Å². The number of hydrogen-bond donors (Lipinski definition) is 1. The van der Waals surface area contributed by atoms with Crippen molar-refractivity contribution in [3.8, 4) is 0 Å². The van der Waals surface area contributed by atoms with Crippen LogP contribution in [0.4, 0.5) is 5.69 Å². The molecule has 0 spiro atoms. The minimum Gasteiger partial charge on any atom is -0.365 e. The second kappa shape index (κ2) is 9.53. The van der Waals surface area contributed by atoms with Crippen molar-refractivity contribution in [1.29, 1.82) is 0 Å². The molecule has 168 valence electrons. The van der Waals surface area contributed by atoms with E-state index in [0.29, 0.717) is 19.6 Å². The van der Waals surface area contributed by atoms with Gasteiger partial charge in [-0.15, -0.1) is 0 Å². The number of benzene rings is 1. The van der Waals surface area contributed by atoms with E-state index in [1.807, 2.05) is 43.4 Å². The quantitative estimate of drug-likeness (QED) is 0.645. The lowest BCUT2D eigenvalue weighted by Crippen LogP contribution is -2.50. The summed E-state index contributed by atoms with van der Waals surface area (Å²) >= 11 is 0. The average molecular weight is 435 g/mol. The Morgan fingerprint density at radius 2 is 2.06 bits per heavy atom. The van der Waals surface area contributed by atoms with Crippen molar-refractivity contribution in [3.05, 3.63) is 59.5 Å². The maximum absolute atomic E-state index is 12.8. The Morgan fingerprint density at radius 1 is 1.22 bits per heavy atom. The maximum Gasteiger partial charge on any atom is 0.255 e. The van der Waals surface area contributed by atoms with E-state index in [4.69, 9.17) is 4.74 Å². The summed E-state index contributed by atoms with van der Waals surface area (Å²) in [5.74, 6) is -0.167. The van der Waals surface area contributed by atoms with Crippen LogP contribution in [-0.2, 0) is 27.8 Å². The number of hydrogen-bond acceptors (Lipinski definition) is 4. The Morgan fingerprint density at radius 3 is 2.84 bits per heavy atom. The van der Waals surface area contributed by atoms with Gasteiger partial charge >= 0.3 is 0 Å². The van der Waals surface area contributed by atoms with Gasteiger partial charge in [0.1, 0.15) is 0 Å². The number of aromatic nitrogens is 2. The molecule has 0 aliphatic carbocycles. The number of carbonyl (C=O) groups excluding carboxylic acids is 2. The monoisotopic (exact) mass is 434 g/mol. The van der Waals surface area contributed by atoms with Crippen molar-refractivity contribution in [2.45, 2.75) is 39.2 Å². The molecule has 4 rings (SSSR count). The zero-order valence-corrected chi connectivity index (χ0v) is 18.9. The van der Waals surface area contributed by atoms with Gasteiger partial charge in [0.25, 0.3) is 5.91 Å². The number of ether oxygens (including phenoxy) is 1. The minimum atomic E-state index is -0.669. The first-order chi connectivity index (χ1) is 15.4. The molecule has 7 nitrogen and oxygen atoms in total. The molecule has 1 saturated heterocycles. The Kier molecular flexibility index (Phi) is 6.55. The van der Waals surface area contributed by atoms with E-state index in [9.17, 15) is 9.59 Å². The number of carbonyl (C=O) groups is 2. The average Bonchev–Trinajstić information content (AvgIpc) is 3.03. The first kappa shape index (κ1) is 22.0. The number of amides is 2. The molecule has 3 heterocycles. The fourth-order valence-electron chi connectivity index (χ4n) is 4.22. The van der Waals surface area contributed by atoms with Gasteiger partial charge in [-0.1, -0.05) is 6.07 Å². The van der Waals surface area contributed by atoms with Crippen LogP contribution in [0.2, 0.25) is 0 Å². The number of rotatable bonds is 6. The molecule has 1 N–H and O–H groups in total. The number of pyridine rings is 1. The second-order valence-electron chi connectivity index (χ2n) is 8.36. The van der Waals surface area contributed by atoms with Crippen LogP contribution < -0.4 is 5.32 Å². The molecule has 3 aromatic rings. The summed E-state index contributed by atoms with van der Waals surface area (Å²) in [7, 11) is 2.04. The van der Waals surface area contributed by atoms with E-state index >= 15 is 0 Å². The van der Waals surface area contributed by atoms with Gasteiger partial charge in [-0.2, -0.15) is 0 Å². The third-order valence-electron chi connectivity index (χ3n) is 6.34. The number of nitrogens with one attached hydrogen (secondary N) is 1. The van der Waals surface area contributed by atoms with Crippen molar-refractivity contribution in [2.75, 3.05) is 25.0 Å².